The standard InChI is InChI=1S/C20H19N3O/c1-2-5-15(6-3-1)14-24-17-10-8-16(9-11-17)19-13-20(23-22-19)18-7-4-12-21-18/h1-12,19,21-22H,13-14H2. The third kappa shape index (κ3) is 3.18. The van der Waals surface area contributed by atoms with Gasteiger partial charge in [-0.25, -0.2) is 0 Å². The van der Waals surface area contributed by atoms with Crippen molar-refractivity contribution < 1.29 is 4.74 Å². The Balaban J connectivity index is 1.36. The minimum atomic E-state index is 0.214. The van der Waals surface area contributed by atoms with Gasteiger partial charge in [0.1, 0.15) is 12.4 Å². The highest BCUT2D eigenvalue weighted by Gasteiger charge is 2.21. The monoisotopic (exact) mass is 317 g/mol. The second-order valence-corrected chi connectivity index (χ2v) is 5.87. The summed E-state index contributed by atoms with van der Waals surface area (Å²) in [6.07, 6.45) is 2.80. The lowest BCUT2D eigenvalue weighted by molar-refractivity contribution is 0.306. The molecule has 0 saturated carbocycles. The average Bonchev–Trinajstić information content (AvgIpc) is 3.33. The van der Waals surface area contributed by atoms with Crippen LogP contribution in [0, 0.1) is 0 Å². The van der Waals surface area contributed by atoms with E-state index in [0.717, 1.165) is 23.6 Å². The molecule has 120 valence electrons. The van der Waals surface area contributed by atoms with Gasteiger partial charge in [0, 0.05) is 12.6 Å². The van der Waals surface area contributed by atoms with E-state index in [1.54, 1.807) is 0 Å². The summed E-state index contributed by atoms with van der Waals surface area (Å²) in [5.74, 6) is 0.881. The van der Waals surface area contributed by atoms with Crippen LogP contribution in [0.15, 0.2) is 78.0 Å². The number of nitrogens with zero attached hydrogens (tertiary/aromatic N) is 1. The molecule has 0 saturated heterocycles. The molecule has 4 rings (SSSR count). The summed E-state index contributed by atoms with van der Waals surface area (Å²) in [4.78, 5) is 3.20. The van der Waals surface area contributed by atoms with Crippen molar-refractivity contribution >= 4 is 5.71 Å². The third-order valence-corrected chi connectivity index (χ3v) is 4.19. The highest BCUT2D eigenvalue weighted by molar-refractivity contribution is 6.00. The largest absolute Gasteiger partial charge is 0.489 e. The number of nitrogens with one attached hydrogen (secondary N) is 2. The summed E-state index contributed by atoms with van der Waals surface area (Å²) in [6, 6.07) is 22.7. The lowest BCUT2D eigenvalue weighted by Gasteiger charge is -2.11. The first-order valence-electron chi connectivity index (χ1n) is 8.11. The van der Waals surface area contributed by atoms with Gasteiger partial charge in [-0.1, -0.05) is 42.5 Å². The van der Waals surface area contributed by atoms with Crippen LogP contribution in [0.25, 0.3) is 0 Å². The number of hydrogen-bond donors (Lipinski definition) is 2. The van der Waals surface area contributed by atoms with E-state index in [1.165, 1.54) is 11.1 Å². The van der Waals surface area contributed by atoms with Crippen LogP contribution < -0.4 is 10.2 Å². The molecule has 1 unspecified atom stereocenters. The Morgan fingerprint density at radius 2 is 1.79 bits per heavy atom. The Labute approximate surface area is 141 Å². The van der Waals surface area contributed by atoms with Gasteiger partial charge in [0.05, 0.1) is 17.4 Å². The maximum Gasteiger partial charge on any atom is 0.119 e. The topological polar surface area (TPSA) is 49.4 Å². The highest BCUT2D eigenvalue weighted by Crippen LogP contribution is 2.25. The molecule has 1 atom stereocenters. The molecule has 4 nitrogen and oxygen atoms in total. The maximum atomic E-state index is 5.84. The summed E-state index contributed by atoms with van der Waals surface area (Å²) in [5.41, 5.74) is 7.74. The van der Waals surface area contributed by atoms with Crippen LogP contribution in [-0.2, 0) is 6.61 Å². The number of aromatic nitrogens is 1. The van der Waals surface area contributed by atoms with Crippen LogP contribution in [-0.4, -0.2) is 10.7 Å². The summed E-state index contributed by atoms with van der Waals surface area (Å²) >= 11 is 0. The molecule has 2 heterocycles. The zero-order valence-corrected chi connectivity index (χ0v) is 13.3. The van der Waals surface area contributed by atoms with E-state index in [1.807, 2.05) is 48.7 Å². The van der Waals surface area contributed by atoms with E-state index in [-0.39, 0.29) is 6.04 Å². The van der Waals surface area contributed by atoms with Gasteiger partial charge in [-0.2, -0.15) is 5.10 Å². The summed E-state index contributed by atoms with van der Waals surface area (Å²) in [6.45, 7) is 0.585. The SMILES string of the molecule is c1ccc(COc2ccc(C3CC(c4ccc[nH]4)=NN3)cc2)cc1. The van der Waals surface area contributed by atoms with E-state index in [4.69, 9.17) is 4.74 Å². The number of rotatable bonds is 5. The molecule has 1 aliphatic rings. The van der Waals surface area contributed by atoms with Crippen molar-refractivity contribution in [1.29, 1.82) is 0 Å². The number of hydrazone groups is 1. The summed E-state index contributed by atoms with van der Waals surface area (Å²) in [5, 5.41) is 4.44. The van der Waals surface area contributed by atoms with Gasteiger partial charge in [0.15, 0.2) is 0 Å². The molecule has 2 aromatic carbocycles. The van der Waals surface area contributed by atoms with Crippen molar-refractivity contribution in [3.8, 4) is 5.75 Å². The number of H-pyrrole nitrogens is 1. The number of benzene rings is 2. The maximum absolute atomic E-state index is 5.84. The Bertz CT molecular complexity index is 808. The van der Waals surface area contributed by atoms with Gasteiger partial charge >= 0.3 is 0 Å². The van der Waals surface area contributed by atoms with Crippen LogP contribution in [0.1, 0.15) is 29.3 Å². The Kier molecular flexibility index (Phi) is 4.02. The van der Waals surface area contributed by atoms with Crippen molar-refractivity contribution in [3.05, 3.63) is 89.7 Å². The molecule has 0 bridgehead atoms. The number of aromatic amines is 1. The average molecular weight is 317 g/mol. The normalized spacial score (nSPS) is 16.5. The number of hydrogen-bond acceptors (Lipinski definition) is 3. The molecular formula is C20H19N3O. The molecule has 3 aromatic rings. The zero-order valence-electron chi connectivity index (χ0n) is 13.3. The Morgan fingerprint density at radius 3 is 2.54 bits per heavy atom. The fraction of sp³-hybridized carbons (Fsp3) is 0.150. The van der Waals surface area contributed by atoms with Gasteiger partial charge in [0.25, 0.3) is 0 Å². The van der Waals surface area contributed by atoms with E-state index in [9.17, 15) is 0 Å². The first kappa shape index (κ1) is 14.6. The minimum Gasteiger partial charge on any atom is -0.489 e. The lowest BCUT2D eigenvalue weighted by Crippen LogP contribution is -2.09. The van der Waals surface area contributed by atoms with Crippen LogP contribution in [0.4, 0.5) is 0 Å². The fourth-order valence-electron chi connectivity index (χ4n) is 2.85. The summed E-state index contributed by atoms with van der Waals surface area (Å²) in [7, 11) is 0. The Hall–Kier alpha value is -3.01. The molecule has 0 radical (unpaired) electrons. The first-order valence-corrected chi connectivity index (χ1v) is 8.11. The molecule has 0 amide bonds. The molecule has 1 aromatic heterocycles. The summed E-state index contributed by atoms with van der Waals surface area (Å²) < 4.78 is 5.84. The van der Waals surface area contributed by atoms with E-state index < -0.39 is 0 Å². The predicted molar refractivity (Wildman–Crippen MR) is 95.0 cm³/mol. The van der Waals surface area contributed by atoms with Gasteiger partial charge in [-0.05, 0) is 35.4 Å². The van der Waals surface area contributed by atoms with Gasteiger partial charge in [-0.15, -0.1) is 0 Å². The van der Waals surface area contributed by atoms with E-state index in [0.29, 0.717) is 6.61 Å². The molecule has 2 N–H and O–H groups in total. The molecular weight excluding hydrogens is 298 g/mol. The molecule has 0 fully saturated rings. The quantitative estimate of drug-likeness (QED) is 0.746. The van der Waals surface area contributed by atoms with Crippen molar-refractivity contribution in [2.24, 2.45) is 5.10 Å². The van der Waals surface area contributed by atoms with Crippen molar-refractivity contribution in [3.63, 3.8) is 0 Å². The van der Waals surface area contributed by atoms with Crippen LogP contribution in [0.5, 0.6) is 5.75 Å². The number of ether oxygens (including phenoxy) is 1. The predicted octanol–water partition coefficient (Wildman–Crippen LogP) is 4.03. The van der Waals surface area contributed by atoms with E-state index in [2.05, 4.69) is 39.8 Å². The third-order valence-electron chi connectivity index (χ3n) is 4.19. The van der Waals surface area contributed by atoms with Gasteiger partial charge < -0.3 is 15.1 Å². The van der Waals surface area contributed by atoms with Gasteiger partial charge in [-0.3, -0.25) is 0 Å². The zero-order chi connectivity index (χ0) is 16.2. The molecule has 1 aliphatic heterocycles. The minimum absolute atomic E-state index is 0.214. The fourth-order valence-corrected chi connectivity index (χ4v) is 2.85. The molecule has 4 heteroatoms. The second-order valence-electron chi connectivity index (χ2n) is 5.87. The van der Waals surface area contributed by atoms with E-state index >= 15 is 0 Å². The van der Waals surface area contributed by atoms with Crippen molar-refractivity contribution in [2.45, 2.75) is 19.1 Å². The van der Waals surface area contributed by atoms with Crippen molar-refractivity contribution in [1.82, 2.24) is 10.4 Å². The smallest absolute Gasteiger partial charge is 0.119 e. The van der Waals surface area contributed by atoms with Crippen LogP contribution >= 0.6 is 0 Å². The van der Waals surface area contributed by atoms with Gasteiger partial charge in [0.2, 0.25) is 0 Å². The first-order chi connectivity index (χ1) is 11.9. The van der Waals surface area contributed by atoms with Crippen LogP contribution in [0.3, 0.4) is 0 Å². The second kappa shape index (κ2) is 6.62. The highest BCUT2D eigenvalue weighted by atomic mass is 16.5. The lowest BCUT2D eigenvalue weighted by atomic mass is 10.0. The van der Waals surface area contributed by atoms with Crippen molar-refractivity contribution in [2.75, 3.05) is 0 Å². The molecule has 24 heavy (non-hydrogen) atoms. The molecule has 0 aliphatic carbocycles. The molecule has 0 spiro atoms. The Morgan fingerprint density at radius 1 is 0.958 bits per heavy atom. The van der Waals surface area contributed by atoms with Crippen LogP contribution in [0.2, 0.25) is 0 Å².